The second kappa shape index (κ2) is 5.08. The summed E-state index contributed by atoms with van der Waals surface area (Å²) in [5, 5.41) is 8.91. The van der Waals surface area contributed by atoms with Gasteiger partial charge in [-0.3, -0.25) is 0 Å². The molecule has 0 atom stereocenters. The van der Waals surface area contributed by atoms with Gasteiger partial charge in [0.2, 0.25) is 0 Å². The Kier molecular flexibility index (Phi) is 3.49. The van der Waals surface area contributed by atoms with Crippen molar-refractivity contribution in [2.75, 3.05) is 5.73 Å². The number of nitrogens with two attached hydrogens (primary N) is 1. The Morgan fingerprint density at radius 1 is 1.21 bits per heavy atom. The van der Waals surface area contributed by atoms with Crippen molar-refractivity contribution in [1.29, 1.82) is 5.26 Å². The van der Waals surface area contributed by atoms with E-state index < -0.39 is 9.84 Å². The molecule has 0 saturated heterocycles. The van der Waals surface area contributed by atoms with E-state index in [0.29, 0.717) is 5.56 Å². The predicted octanol–water partition coefficient (Wildman–Crippen LogP) is 1.51. The molecule has 0 bridgehead atoms. The first-order valence-electron chi connectivity index (χ1n) is 5.46. The van der Waals surface area contributed by atoms with E-state index in [1.165, 1.54) is 18.3 Å². The van der Waals surface area contributed by atoms with E-state index in [2.05, 4.69) is 4.98 Å². The second-order valence-corrected chi connectivity index (χ2v) is 5.88. The number of rotatable bonds is 3. The molecule has 96 valence electrons. The van der Waals surface area contributed by atoms with Gasteiger partial charge in [0.05, 0.1) is 16.3 Å². The number of hydrogen-bond acceptors (Lipinski definition) is 5. The zero-order chi connectivity index (χ0) is 13.9. The molecule has 5 nitrogen and oxygen atoms in total. The van der Waals surface area contributed by atoms with Gasteiger partial charge in [0.15, 0.2) is 9.84 Å². The van der Waals surface area contributed by atoms with Crippen LogP contribution < -0.4 is 5.73 Å². The standard InChI is InChI=1S/C13H11N3O2S/c14-8-12-10(4-3-7-16-12)9-19(17,18)13-6-2-1-5-11(13)15/h1-7H,9,15H2. The van der Waals surface area contributed by atoms with Crippen LogP contribution in [0.4, 0.5) is 5.69 Å². The first-order valence-corrected chi connectivity index (χ1v) is 7.11. The fourth-order valence-corrected chi connectivity index (χ4v) is 3.21. The molecule has 0 aliphatic heterocycles. The molecule has 0 amide bonds. The number of anilines is 1. The molecular weight excluding hydrogens is 262 g/mol. The van der Waals surface area contributed by atoms with Crippen molar-refractivity contribution >= 4 is 15.5 Å². The molecule has 0 fully saturated rings. The van der Waals surface area contributed by atoms with Crippen molar-refractivity contribution in [3.63, 3.8) is 0 Å². The third-order valence-corrected chi connectivity index (χ3v) is 4.33. The minimum absolute atomic E-state index is 0.0720. The molecule has 1 heterocycles. The summed E-state index contributed by atoms with van der Waals surface area (Å²) in [5.74, 6) is -0.294. The molecule has 1 aromatic heterocycles. The Morgan fingerprint density at radius 3 is 2.63 bits per heavy atom. The summed E-state index contributed by atoms with van der Waals surface area (Å²) >= 11 is 0. The van der Waals surface area contributed by atoms with E-state index in [1.807, 2.05) is 6.07 Å². The zero-order valence-electron chi connectivity index (χ0n) is 9.95. The highest BCUT2D eigenvalue weighted by atomic mass is 32.2. The molecule has 0 unspecified atom stereocenters. The largest absolute Gasteiger partial charge is 0.398 e. The molecule has 1 aromatic carbocycles. The van der Waals surface area contributed by atoms with Gasteiger partial charge >= 0.3 is 0 Å². The lowest BCUT2D eigenvalue weighted by Gasteiger charge is -2.07. The fourth-order valence-electron chi connectivity index (χ4n) is 1.70. The topological polar surface area (TPSA) is 96.8 Å². The van der Waals surface area contributed by atoms with E-state index in [4.69, 9.17) is 11.0 Å². The third kappa shape index (κ3) is 2.72. The van der Waals surface area contributed by atoms with E-state index in [0.717, 1.165) is 0 Å². The van der Waals surface area contributed by atoms with Crippen LogP contribution in [0.1, 0.15) is 11.3 Å². The number of nitrogen functional groups attached to an aromatic ring is 1. The highest BCUT2D eigenvalue weighted by molar-refractivity contribution is 7.90. The number of para-hydroxylation sites is 1. The van der Waals surface area contributed by atoms with Crippen LogP contribution in [0.5, 0.6) is 0 Å². The first-order chi connectivity index (χ1) is 9.04. The first kappa shape index (κ1) is 13.1. The van der Waals surface area contributed by atoms with Crippen LogP contribution >= 0.6 is 0 Å². The normalized spacial score (nSPS) is 10.9. The molecule has 0 saturated carbocycles. The smallest absolute Gasteiger partial charge is 0.184 e. The number of hydrogen-bond donors (Lipinski definition) is 1. The lowest BCUT2D eigenvalue weighted by molar-refractivity contribution is 0.595. The van der Waals surface area contributed by atoms with Crippen LogP contribution in [0.15, 0.2) is 47.5 Å². The van der Waals surface area contributed by atoms with Gasteiger partial charge in [0.25, 0.3) is 0 Å². The van der Waals surface area contributed by atoms with Crippen molar-refractivity contribution in [3.8, 4) is 6.07 Å². The van der Waals surface area contributed by atoms with Crippen molar-refractivity contribution in [2.24, 2.45) is 0 Å². The maximum absolute atomic E-state index is 12.3. The quantitative estimate of drug-likeness (QED) is 0.855. The summed E-state index contributed by atoms with van der Waals surface area (Å²) in [4.78, 5) is 3.91. The molecule has 2 N–H and O–H groups in total. The summed E-state index contributed by atoms with van der Waals surface area (Å²) in [7, 11) is -3.59. The molecular formula is C13H11N3O2S. The fraction of sp³-hybridized carbons (Fsp3) is 0.0769. The Hall–Kier alpha value is -2.39. The number of pyridine rings is 1. The van der Waals surface area contributed by atoms with E-state index in [9.17, 15) is 8.42 Å². The Balaban J connectivity index is 2.44. The zero-order valence-corrected chi connectivity index (χ0v) is 10.8. The van der Waals surface area contributed by atoms with Crippen molar-refractivity contribution in [2.45, 2.75) is 10.6 Å². The summed E-state index contributed by atoms with van der Waals surface area (Å²) in [6.45, 7) is 0. The summed E-state index contributed by atoms with van der Waals surface area (Å²) in [6, 6.07) is 11.3. The second-order valence-electron chi connectivity index (χ2n) is 3.92. The van der Waals surface area contributed by atoms with E-state index in [1.54, 1.807) is 24.3 Å². The molecule has 0 spiro atoms. The van der Waals surface area contributed by atoms with E-state index >= 15 is 0 Å². The Morgan fingerprint density at radius 2 is 1.95 bits per heavy atom. The van der Waals surface area contributed by atoms with Crippen molar-refractivity contribution in [3.05, 3.63) is 53.9 Å². The van der Waals surface area contributed by atoms with E-state index in [-0.39, 0.29) is 22.0 Å². The molecule has 2 rings (SSSR count). The van der Waals surface area contributed by atoms with Gasteiger partial charge in [-0.2, -0.15) is 5.26 Å². The molecule has 6 heteroatoms. The van der Waals surface area contributed by atoms with Gasteiger partial charge in [-0.05, 0) is 18.2 Å². The predicted molar refractivity (Wildman–Crippen MR) is 70.7 cm³/mol. The third-order valence-electron chi connectivity index (χ3n) is 2.60. The Bertz CT molecular complexity index is 748. The number of nitriles is 1. The van der Waals surface area contributed by atoms with Gasteiger partial charge in [0, 0.05) is 11.8 Å². The monoisotopic (exact) mass is 273 g/mol. The summed E-state index contributed by atoms with van der Waals surface area (Å²) in [5.41, 5.74) is 6.35. The number of benzene rings is 1. The van der Waals surface area contributed by atoms with Crippen LogP contribution in [0, 0.1) is 11.3 Å². The van der Waals surface area contributed by atoms with Gasteiger partial charge in [0.1, 0.15) is 11.8 Å². The van der Waals surface area contributed by atoms with Crippen LogP contribution in [0.3, 0.4) is 0 Å². The van der Waals surface area contributed by atoms with Gasteiger partial charge in [-0.15, -0.1) is 0 Å². The highest BCUT2D eigenvalue weighted by Crippen LogP contribution is 2.22. The maximum atomic E-state index is 12.3. The minimum Gasteiger partial charge on any atom is -0.398 e. The average molecular weight is 273 g/mol. The summed E-state index contributed by atoms with van der Waals surface area (Å²) in [6.07, 6.45) is 1.45. The van der Waals surface area contributed by atoms with Crippen molar-refractivity contribution < 1.29 is 8.42 Å². The number of nitrogens with zero attached hydrogens (tertiary/aromatic N) is 2. The SMILES string of the molecule is N#Cc1ncccc1CS(=O)(=O)c1ccccc1N. The number of sulfone groups is 1. The highest BCUT2D eigenvalue weighted by Gasteiger charge is 2.19. The summed E-state index contributed by atoms with van der Waals surface area (Å²) < 4.78 is 24.5. The van der Waals surface area contributed by atoms with Crippen LogP contribution in [-0.4, -0.2) is 13.4 Å². The van der Waals surface area contributed by atoms with Crippen LogP contribution in [0.25, 0.3) is 0 Å². The Labute approximate surface area is 111 Å². The molecule has 0 aliphatic carbocycles. The van der Waals surface area contributed by atoms with Crippen LogP contribution in [0.2, 0.25) is 0 Å². The molecule has 19 heavy (non-hydrogen) atoms. The van der Waals surface area contributed by atoms with Gasteiger partial charge < -0.3 is 5.73 Å². The maximum Gasteiger partial charge on any atom is 0.184 e. The van der Waals surface area contributed by atoms with Gasteiger partial charge in [-0.25, -0.2) is 13.4 Å². The minimum atomic E-state index is -3.59. The lowest BCUT2D eigenvalue weighted by atomic mass is 10.2. The number of aromatic nitrogens is 1. The van der Waals surface area contributed by atoms with Crippen molar-refractivity contribution in [1.82, 2.24) is 4.98 Å². The molecule has 0 radical (unpaired) electrons. The molecule has 0 aliphatic rings. The van der Waals surface area contributed by atoms with Crippen LogP contribution in [-0.2, 0) is 15.6 Å². The lowest BCUT2D eigenvalue weighted by Crippen LogP contribution is -2.09. The van der Waals surface area contributed by atoms with Gasteiger partial charge in [-0.1, -0.05) is 18.2 Å². The average Bonchev–Trinajstić information content (AvgIpc) is 2.39. The molecule has 2 aromatic rings.